The van der Waals surface area contributed by atoms with Gasteiger partial charge in [0.15, 0.2) is 0 Å². The minimum atomic E-state index is -0.663. The summed E-state index contributed by atoms with van der Waals surface area (Å²) in [5.41, 5.74) is 0.897. The summed E-state index contributed by atoms with van der Waals surface area (Å²) in [6.07, 6.45) is 0.725. The molecule has 0 aliphatic carbocycles. The van der Waals surface area contributed by atoms with Gasteiger partial charge in [0.1, 0.15) is 5.82 Å². The molecule has 0 bridgehead atoms. The number of hydrogen-bond donors (Lipinski definition) is 2. The topological polar surface area (TPSA) is 35.5 Å². The van der Waals surface area contributed by atoms with E-state index < -0.39 is 5.60 Å². The molecule has 0 saturated carbocycles. The third-order valence-electron chi connectivity index (χ3n) is 3.24. The Morgan fingerprint density at radius 2 is 2.29 bits per heavy atom. The molecule has 17 heavy (non-hydrogen) atoms. The summed E-state index contributed by atoms with van der Waals surface area (Å²) in [4.78, 5) is 2.05. The number of β-amino-alcohol motifs (C(OH)–C–C–N with tert-alkyl or cyclic N) is 1. The van der Waals surface area contributed by atoms with Crippen LogP contribution in [0.25, 0.3) is 0 Å². The Labute approximate surface area is 101 Å². The number of aliphatic hydroxyl groups is 1. The number of anilines is 1. The molecule has 1 atom stereocenters. The minimum absolute atomic E-state index is 0.191. The van der Waals surface area contributed by atoms with Gasteiger partial charge in [-0.25, -0.2) is 4.39 Å². The molecule has 0 amide bonds. The summed E-state index contributed by atoms with van der Waals surface area (Å²) < 4.78 is 13.8. The van der Waals surface area contributed by atoms with Crippen molar-refractivity contribution >= 4 is 5.69 Å². The maximum Gasteiger partial charge on any atom is 0.129 e. The second-order valence-corrected chi connectivity index (χ2v) is 4.94. The van der Waals surface area contributed by atoms with Gasteiger partial charge in [-0.2, -0.15) is 0 Å². The first-order chi connectivity index (χ1) is 8.03. The average molecular weight is 238 g/mol. The molecule has 1 aromatic carbocycles. The molecular weight excluding hydrogens is 219 g/mol. The Balaban J connectivity index is 2.29. The van der Waals surface area contributed by atoms with Gasteiger partial charge in [-0.1, -0.05) is 6.07 Å². The number of halogens is 1. The van der Waals surface area contributed by atoms with Crippen LogP contribution >= 0.6 is 0 Å². The molecule has 94 valence electrons. The lowest BCUT2D eigenvalue weighted by molar-refractivity contribution is 0.0839. The van der Waals surface area contributed by atoms with E-state index in [1.165, 1.54) is 6.07 Å². The Morgan fingerprint density at radius 1 is 1.53 bits per heavy atom. The molecule has 1 aliphatic heterocycles. The Morgan fingerprint density at radius 3 is 2.88 bits per heavy atom. The lowest BCUT2D eigenvalue weighted by atomic mass is 10.1. The highest BCUT2D eigenvalue weighted by Crippen LogP contribution is 2.30. The Hall–Kier alpha value is -1.13. The van der Waals surface area contributed by atoms with Crippen molar-refractivity contribution in [2.45, 2.75) is 25.5 Å². The maximum absolute atomic E-state index is 13.8. The molecule has 1 fully saturated rings. The lowest BCUT2D eigenvalue weighted by Gasteiger charge is -2.23. The zero-order chi connectivity index (χ0) is 12.5. The first-order valence-corrected chi connectivity index (χ1v) is 5.93. The predicted octanol–water partition coefficient (Wildman–Crippen LogP) is 1.51. The van der Waals surface area contributed by atoms with Crippen LogP contribution in [0, 0.1) is 5.82 Å². The highest BCUT2D eigenvalue weighted by Gasteiger charge is 2.32. The molecule has 0 radical (unpaired) electrons. The summed E-state index contributed by atoms with van der Waals surface area (Å²) in [5.74, 6) is -0.191. The molecule has 4 heteroatoms. The number of benzene rings is 1. The summed E-state index contributed by atoms with van der Waals surface area (Å²) in [6, 6.07) is 5.11. The number of nitrogens with one attached hydrogen (secondary N) is 1. The first kappa shape index (κ1) is 12.3. The average Bonchev–Trinajstić information content (AvgIpc) is 2.62. The molecule has 2 N–H and O–H groups in total. The van der Waals surface area contributed by atoms with Crippen molar-refractivity contribution in [1.82, 2.24) is 5.32 Å². The van der Waals surface area contributed by atoms with Gasteiger partial charge in [0.2, 0.25) is 0 Å². The normalized spacial score (nSPS) is 24.4. The zero-order valence-electron chi connectivity index (χ0n) is 10.3. The number of rotatable bonds is 3. The maximum atomic E-state index is 13.8. The van der Waals surface area contributed by atoms with Crippen molar-refractivity contribution < 1.29 is 9.50 Å². The van der Waals surface area contributed by atoms with Crippen LogP contribution in [-0.2, 0) is 6.54 Å². The Kier molecular flexibility index (Phi) is 3.35. The monoisotopic (exact) mass is 238 g/mol. The van der Waals surface area contributed by atoms with Crippen LogP contribution in [0.4, 0.5) is 10.1 Å². The van der Waals surface area contributed by atoms with E-state index in [9.17, 15) is 9.50 Å². The predicted molar refractivity (Wildman–Crippen MR) is 66.6 cm³/mol. The van der Waals surface area contributed by atoms with Gasteiger partial charge in [0.25, 0.3) is 0 Å². The molecule has 3 nitrogen and oxygen atoms in total. The Bertz CT molecular complexity index is 406. The van der Waals surface area contributed by atoms with Crippen molar-refractivity contribution in [3.8, 4) is 0 Å². The third-order valence-corrected chi connectivity index (χ3v) is 3.24. The van der Waals surface area contributed by atoms with Gasteiger partial charge in [0, 0.05) is 30.9 Å². The molecule has 1 aliphatic rings. The molecule has 1 aromatic rings. The van der Waals surface area contributed by atoms with Crippen LogP contribution in [-0.4, -0.2) is 30.8 Å². The number of hydrogen-bond acceptors (Lipinski definition) is 3. The van der Waals surface area contributed by atoms with Crippen LogP contribution in [0.5, 0.6) is 0 Å². The molecular formula is C13H19FN2O. The molecule has 0 spiro atoms. The van der Waals surface area contributed by atoms with Crippen LogP contribution in [0.3, 0.4) is 0 Å². The smallest absolute Gasteiger partial charge is 0.129 e. The molecule has 1 heterocycles. The minimum Gasteiger partial charge on any atom is -0.388 e. The van der Waals surface area contributed by atoms with Crippen LogP contribution in [0.2, 0.25) is 0 Å². The fraction of sp³-hybridized carbons (Fsp3) is 0.538. The van der Waals surface area contributed by atoms with Gasteiger partial charge in [-0.3, -0.25) is 0 Å². The van der Waals surface area contributed by atoms with Crippen molar-refractivity contribution in [1.29, 1.82) is 0 Å². The summed E-state index contributed by atoms with van der Waals surface area (Å²) in [5, 5.41) is 12.9. The van der Waals surface area contributed by atoms with Crippen molar-refractivity contribution in [2.24, 2.45) is 0 Å². The van der Waals surface area contributed by atoms with Gasteiger partial charge in [0.05, 0.1) is 5.60 Å². The van der Waals surface area contributed by atoms with E-state index >= 15 is 0 Å². The summed E-state index contributed by atoms with van der Waals surface area (Å²) in [6.45, 7) is 3.66. The van der Waals surface area contributed by atoms with Crippen molar-refractivity contribution in [3.63, 3.8) is 0 Å². The largest absolute Gasteiger partial charge is 0.388 e. The zero-order valence-corrected chi connectivity index (χ0v) is 10.3. The van der Waals surface area contributed by atoms with Crippen LogP contribution in [0.15, 0.2) is 18.2 Å². The van der Waals surface area contributed by atoms with E-state index in [0.29, 0.717) is 18.7 Å². The van der Waals surface area contributed by atoms with Gasteiger partial charge in [-0.15, -0.1) is 0 Å². The highest BCUT2D eigenvalue weighted by atomic mass is 19.1. The van der Waals surface area contributed by atoms with E-state index in [2.05, 4.69) is 10.2 Å². The SMILES string of the molecule is CNCc1c(F)cccc1N1CCC(C)(O)C1. The second-order valence-electron chi connectivity index (χ2n) is 4.94. The summed E-state index contributed by atoms with van der Waals surface area (Å²) >= 11 is 0. The first-order valence-electron chi connectivity index (χ1n) is 5.93. The molecule has 2 rings (SSSR count). The van der Waals surface area contributed by atoms with E-state index in [-0.39, 0.29) is 5.82 Å². The van der Waals surface area contributed by atoms with Gasteiger partial charge >= 0.3 is 0 Å². The van der Waals surface area contributed by atoms with E-state index in [1.54, 1.807) is 13.1 Å². The number of nitrogens with zero attached hydrogens (tertiary/aromatic N) is 1. The lowest BCUT2D eigenvalue weighted by Crippen LogP contribution is -2.30. The summed E-state index contributed by atoms with van der Waals surface area (Å²) in [7, 11) is 1.80. The van der Waals surface area contributed by atoms with Crippen LogP contribution in [0.1, 0.15) is 18.9 Å². The van der Waals surface area contributed by atoms with E-state index in [0.717, 1.165) is 18.7 Å². The van der Waals surface area contributed by atoms with E-state index in [1.807, 2.05) is 13.0 Å². The second kappa shape index (κ2) is 4.63. The van der Waals surface area contributed by atoms with Crippen LogP contribution < -0.4 is 10.2 Å². The highest BCUT2D eigenvalue weighted by molar-refractivity contribution is 5.55. The fourth-order valence-corrected chi connectivity index (χ4v) is 2.35. The van der Waals surface area contributed by atoms with Gasteiger partial charge in [-0.05, 0) is 32.5 Å². The van der Waals surface area contributed by atoms with Crippen molar-refractivity contribution in [3.05, 3.63) is 29.6 Å². The fourth-order valence-electron chi connectivity index (χ4n) is 2.35. The molecule has 1 unspecified atom stereocenters. The molecule has 1 saturated heterocycles. The quantitative estimate of drug-likeness (QED) is 0.838. The molecule has 0 aromatic heterocycles. The van der Waals surface area contributed by atoms with Crippen molar-refractivity contribution in [2.75, 3.05) is 25.0 Å². The van der Waals surface area contributed by atoms with E-state index in [4.69, 9.17) is 0 Å². The third kappa shape index (κ3) is 2.58. The standard InChI is InChI=1S/C13H19FN2O/c1-13(17)6-7-16(9-13)12-5-3-4-11(14)10(12)8-15-2/h3-5,15,17H,6-9H2,1-2H3. The van der Waals surface area contributed by atoms with Gasteiger partial charge < -0.3 is 15.3 Å².